The molecule has 0 heterocycles. The lowest BCUT2D eigenvalue weighted by atomic mass is 9.96. The zero-order chi connectivity index (χ0) is 15.1. The van der Waals surface area contributed by atoms with Crippen LogP contribution in [0.5, 0.6) is 5.75 Å². The number of hydrogen-bond acceptors (Lipinski definition) is 2. The maximum Gasteiger partial charge on any atom is 0.260 e. The minimum absolute atomic E-state index is 0.00106. The quantitative estimate of drug-likeness (QED) is 0.910. The number of amides is 1. The molecule has 2 rings (SSSR count). The Bertz CT molecular complexity index is 433. The molecule has 1 fully saturated rings. The van der Waals surface area contributed by atoms with Gasteiger partial charge in [0.2, 0.25) is 0 Å². The Morgan fingerprint density at radius 3 is 2.29 bits per heavy atom. The van der Waals surface area contributed by atoms with Crippen molar-refractivity contribution in [3.05, 3.63) is 29.8 Å². The van der Waals surface area contributed by atoms with Crippen LogP contribution in [0.3, 0.4) is 0 Å². The molecule has 0 saturated heterocycles. The van der Waals surface area contributed by atoms with Gasteiger partial charge in [-0.15, -0.1) is 0 Å². The fourth-order valence-corrected chi connectivity index (χ4v) is 2.79. The predicted octanol–water partition coefficient (Wildman–Crippen LogP) is 3.99. The molecular weight excluding hydrogens is 262 g/mol. The first-order valence-electron chi connectivity index (χ1n) is 8.19. The lowest BCUT2D eigenvalue weighted by Crippen LogP contribution is -2.42. The molecule has 1 amide bonds. The Morgan fingerprint density at radius 2 is 1.67 bits per heavy atom. The largest absolute Gasteiger partial charge is 0.481 e. The molecule has 1 aromatic rings. The predicted molar refractivity (Wildman–Crippen MR) is 85.5 cm³/mol. The molecule has 0 spiro atoms. The Kier molecular flexibility index (Phi) is 6.09. The number of hydrogen-bond donors (Lipinski definition) is 1. The zero-order valence-electron chi connectivity index (χ0n) is 13.2. The van der Waals surface area contributed by atoms with Crippen molar-refractivity contribution in [1.82, 2.24) is 5.32 Å². The van der Waals surface area contributed by atoms with Crippen LogP contribution in [0.25, 0.3) is 0 Å². The summed E-state index contributed by atoms with van der Waals surface area (Å²) in [6, 6.07) is 8.13. The maximum atomic E-state index is 12.2. The highest BCUT2D eigenvalue weighted by molar-refractivity contribution is 5.81. The van der Waals surface area contributed by atoms with E-state index in [4.69, 9.17) is 4.74 Å². The van der Waals surface area contributed by atoms with E-state index < -0.39 is 6.10 Å². The van der Waals surface area contributed by atoms with Crippen molar-refractivity contribution in [2.75, 3.05) is 0 Å². The molecule has 1 atom stereocenters. The second-order valence-electron chi connectivity index (χ2n) is 6.12. The number of nitrogens with one attached hydrogen (secondary N) is 1. The van der Waals surface area contributed by atoms with Gasteiger partial charge in [-0.05, 0) is 38.8 Å². The van der Waals surface area contributed by atoms with Crippen LogP contribution in [0.2, 0.25) is 0 Å². The molecule has 116 valence electrons. The summed E-state index contributed by atoms with van der Waals surface area (Å²) in [7, 11) is 0. The first kappa shape index (κ1) is 15.9. The second kappa shape index (κ2) is 8.06. The highest BCUT2D eigenvalue weighted by Crippen LogP contribution is 2.18. The minimum Gasteiger partial charge on any atom is -0.481 e. The van der Waals surface area contributed by atoms with Gasteiger partial charge in [0.1, 0.15) is 5.75 Å². The van der Waals surface area contributed by atoms with E-state index in [-0.39, 0.29) is 5.91 Å². The van der Waals surface area contributed by atoms with Crippen molar-refractivity contribution in [1.29, 1.82) is 0 Å². The average molecular weight is 289 g/mol. The third kappa shape index (κ3) is 5.41. The molecule has 1 aliphatic carbocycles. The van der Waals surface area contributed by atoms with Crippen molar-refractivity contribution in [3.63, 3.8) is 0 Å². The molecule has 1 saturated carbocycles. The Morgan fingerprint density at radius 1 is 1.10 bits per heavy atom. The second-order valence-corrected chi connectivity index (χ2v) is 6.12. The molecule has 0 radical (unpaired) electrons. The summed E-state index contributed by atoms with van der Waals surface area (Å²) in [6.45, 7) is 3.85. The molecule has 1 aromatic carbocycles. The van der Waals surface area contributed by atoms with Gasteiger partial charge in [0.25, 0.3) is 5.91 Å². The topological polar surface area (TPSA) is 38.3 Å². The smallest absolute Gasteiger partial charge is 0.260 e. The Balaban J connectivity index is 1.82. The summed E-state index contributed by atoms with van der Waals surface area (Å²) >= 11 is 0. The van der Waals surface area contributed by atoms with Gasteiger partial charge in [0.05, 0.1) is 0 Å². The van der Waals surface area contributed by atoms with Gasteiger partial charge in [0.15, 0.2) is 6.10 Å². The lowest BCUT2D eigenvalue weighted by molar-refractivity contribution is -0.128. The fourth-order valence-electron chi connectivity index (χ4n) is 2.79. The molecule has 0 aromatic heterocycles. The van der Waals surface area contributed by atoms with Crippen LogP contribution in [0.1, 0.15) is 57.4 Å². The molecule has 1 aliphatic rings. The van der Waals surface area contributed by atoms with Crippen molar-refractivity contribution in [2.24, 2.45) is 0 Å². The standard InChI is InChI=1S/C18H27NO2/c1-14-10-12-17(13-11-14)21-15(2)18(20)19-16-8-6-4-3-5-7-9-16/h10-13,15-16H,3-9H2,1-2H3,(H,19,20). The molecule has 1 N–H and O–H groups in total. The fraction of sp³-hybridized carbons (Fsp3) is 0.611. The number of rotatable bonds is 4. The monoisotopic (exact) mass is 289 g/mol. The Hall–Kier alpha value is -1.51. The van der Waals surface area contributed by atoms with Gasteiger partial charge in [-0.3, -0.25) is 4.79 Å². The van der Waals surface area contributed by atoms with Gasteiger partial charge < -0.3 is 10.1 Å². The van der Waals surface area contributed by atoms with E-state index in [1.54, 1.807) is 0 Å². The van der Waals surface area contributed by atoms with Crippen molar-refractivity contribution in [2.45, 2.75) is 70.9 Å². The number of aryl methyl sites for hydroxylation is 1. The van der Waals surface area contributed by atoms with Crippen molar-refractivity contribution < 1.29 is 9.53 Å². The van der Waals surface area contributed by atoms with Crippen LogP contribution in [0.15, 0.2) is 24.3 Å². The normalized spacial score (nSPS) is 18.4. The SMILES string of the molecule is Cc1ccc(OC(C)C(=O)NC2CCCCCCC2)cc1. The van der Waals surface area contributed by atoms with E-state index in [9.17, 15) is 4.79 Å². The maximum absolute atomic E-state index is 12.2. The number of carbonyl (C=O) groups is 1. The minimum atomic E-state index is -0.446. The summed E-state index contributed by atoms with van der Waals surface area (Å²) in [4.78, 5) is 12.2. The van der Waals surface area contributed by atoms with Crippen LogP contribution < -0.4 is 10.1 Å². The van der Waals surface area contributed by atoms with Crippen LogP contribution >= 0.6 is 0 Å². The number of benzene rings is 1. The van der Waals surface area contributed by atoms with E-state index in [2.05, 4.69) is 5.32 Å². The van der Waals surface area contributed by atoms with E-state index >= 15 is 0 Å². The van der Waals surface area contributed by atoms with E-state index in [0.717, 1.165) is 18.6 Å². The first-order valence-corrected chi connectivity index (χ1v) is 8.19. The molecule has 3 heteroatoms. The third-order valence-corrected chi connectivity index (χ3v) is 4.15. The summed E-state index contributed by atoms with van der Waals surface area (Å²) < 4.78 is 5.72. The van der Waals surface area contributed by atoms with Gasteiger partial charge in [-0.25, -0.2) is 0 Å². The molecule has 3 nitrogen and oxygen atoms in total. The highest BCUT2D eigenvalue weighted by atomic mass is 16.5. The molecule has 0 bridgehead atoms. The van der Waals surface area contributed by atoms with Crippen molar-refractivity contribution >= 4 is 5.91 Å². The van der Waals surface area contributed by atoms with Crippen LogP contribution in [0.4, 0.5) is 0 Å². The summed E-state index contributed by atoms with van der Waals surface area (Å²) in [5.74, 6) is 0.752. The zero-order valence-corrected chi connectivity index (χ0v) is 13.2. The van der Waals surface area contributed by atoms with Crippen LogP contribution in [-0.4, -0.2) is 18.1 Å². The first-order chi connectivity index (χ1) is 10.1. The van der Waals surface area contributed by atoms with E-state index in [1.807, 2.05) is 38.1 Å². The van der Waals surface area contributed by atoms with Gasteiger partial charge in [-0.2, -0.15) is 0 Å². The van der Waals surface area contributed by atoms with Crippen molar-refractivity contribution in [3.8, 4) is 5.75 Å². The average Bonchev–Trinajstić information content (AvgIpc) is 2.44. The van der Waals surface area contributed by atoms with Crippen LogP contribution in [-0.2, 0) is 4.79 Å². The molecular formula is C18H27NO2. The highest BCUT2D eigenvalue weighted by Gasteiger charge is 2.19. The number of ether oxygens (including phenoxy) is 1. The summed E-state index contributed by atoms with van der Waals surface area (Å²) in [5, 5.41) is 3.15. The number of carbonyl (C=O) groups excluding carboxylic acids is 1. The van der Waals surface area contributed by atoms with Gasteiger partial charge >= 0.3 is 0 Å². The lowest BCUT2D eigenvalue weighted by Gasteiger charge is -2.23. The summed E-state index contributed by atoms with van der Waals surface area (Å²) in [5.41, 5.74) is 1.19. The molecule has 21 heavy (non-hydrogen) atoms. The van der Waals surface area contributed by atoms with Crippen LogP contribution in [0, 0.1) is 6.92 Å². The van der Waals surface area contributed by atoms with Gasteiger partial charge in [-0.1, -0.05) is 49.8 Å². The third-order valence-electron chi connectivity index (χ3n) is 4.15. The van der Waals surface area contributed by atoms with Gasteiger partial charge in [0, 0.05) is 6.04 Å². The molecule has 1 unspecified atom stereocenters. The Labute approximate surface area is 128 Å². The van der Waals surface area contributed by atoms with E-state index in [1.165, 1.54) is 37.7 Å². The summed E-state index contributed by atoms with van der Waals surface area (Å²) in [6.07, 6.45) is 8.12. The van der Waals surface area contributed by atoms with E-state index in [0.29, 0.717) is 6.04 Å². The molecule has 0 aliphatic heterocycles.